The number of carbonyl (C=O) groups excluding carboxylic acids is 1. The average Bonchev–Trinajstić information content (AvgIpc) is 3.57. The van der Waals surface area contributed by atoms with Crippen LogP contribution in [0.15, 0.2) is 24.3 Å². The molecule has 308 valence electrons. The predicted octanol–water partition coefficient (Wildman–Crippen LogP) is 5.90. The Labute approximate surface area is 336 Å². The van der Waals surface area contributed by atoms with Crippen LogP contribution < -0.4 is 14.4 Å². The molecule has 3 aliphatic heterocycles. The van der Waals surface area contributed by atoms with Crippen LogP contribution in [0.4, 0.5) is 19.4 Å². The minimum atomic E-state index is -1.26. The molecule has 1 aliphatic carbocycles. The minimum Gasteiger partial charge on any atom is -0.508 e. The van der Waals surface area contributed by atoms with Crippen LogP contribution in [0.1, 0.15) is 57.4 Å². The maximum Gasteiger partial charge on any atom is 0.409 e. The van der Waals surface area contributed by atoms with Gasteiger partial charge in [0.1, 0.15) is 39.6 Å². The first kappa shape index (κ1) is 39.8. The molecule has 15 heteroatoms. The number of hydrogen-bond acceptors (Lipinski definition) is 12. The number of amides is 1. The van der Waals surface area contributed by atoms with Gasteiger partial charge in [0, 0.05) is 48.6 Å². The zero-order valence-corrected chi connectivity index (χ0v) is 33.2. The van der Waals surface area contributed by atoms with E-state index >= 15 is 8.78 Å². The number of anilines is 1. The fourth-order valence-electron chi connectivity index (χ4n) is 9.86. The molecule has 0 bridgehead atoms. The third-order valence-corrected chi connectivity index (χ3v) is 12.6. The highest BCUT2D eigenvalue weighted by Crippen LogP contribution is 2.49. The zero-order chi connectivity index (χ0) is 40.8. The van der Waals surface area contributed by atoms with E-state index in [1.54, 1.807) is 16.7 Å². The Bertz CT molecular complexity index is 2260. The largest absolute Gasteiger partial charge is 0.508 e. The topological polar surface area (TPSA) is 143 Å². The van der Waals surface area contributed by atoms with E-state index in [4.69, 9.17) is 35.3 Å². The molecule has 5 heterocycles. The van der Waals surface area contributed by atoms with Gasteiger partial charge in [0.15, 0.2) is 5.82 Å². The van der Waals surface area contributed by atoms with E-state index in [-0.39, 0.29) is 93.9 Å². The third kappa shape index (κ3) is 7.42. The van der Waals surface area contributed by atoms with E-state index in [0.29, 0.717) is 37.5 Å². The molecule has 1 saturated carbocycles. The number of carbonyl (C=O) groups is 1. The van der Waals surface area contributed by atoms with Crippen LogP contribution >= 0.6 is 0 Å². The van der Waals surface area contributed by atoms with Crippen molar-refractivity contribution in [2.45, 2.75) is 63.5 Å². The standard InChI is InChI=1S/C43H50F2N6O7/c1-5-29-31(44)10-9-27-20-28(52)21-30(33(27)29)36-35(45)37-34(39(46-36)55-3)38(51-18-19-57-24-42(2,54)23-51)48-40(47-37)58-25-43-13-6-8-32(43)50(15-7-14-43)22-26-11-16-49(17-12-26)41(53)56-4/h1,9-10,20-21,26,32,52,54H,6-8,11-19,22-25H2,2-4H3/t32-,42+,43-/m1/s1. The van der Waals surface area contributed by atoms with Crippen molar-refractivity contribution in [3.05, 3.63) is 41.5 Å². The highest BCUT2D eigenvalue weighted by molar-refractivity contribution is 6.04. The van der Waals surface area contributed by atoms with Crippen LogP contribution in [0.25, 0.3) is 32.9 Å². The van der Waals surface area contributed by atoms with Gasteiger partial charge >= 0.3 is 12.1 Å². The molecule has 2 aromatic carbocycles. The number of rotatable bonds is 8. The SMILES string of the molecule is C#Cc1c(F)ccc2cc(O)cc(-c3nc(OC)c4c(N5CCOC[C@@](C)(O)C5)nc(OC[C@]56CCC[C@H]5N(CC5CCN(C(=O)OC)CC5)CCC6)nc4c3F)c12. The number of benzene rings is 2. The zero-order valence-electron chi connectivity index (χ0n) is 33.2. The van der Waals surface area contributed by atoms with Gasteiger partial charge in [-0.05, 0) is 81.5 Å². The lowest BCUT2D eigenvalue weighted by Crippen LogP contribution is -2.54. The Morgan fingerprint density at radius 1 is 1.05 bits per heavy atom. The van der Waals surface area contributed by atoms with Gasteiger partial charge in [-0.3, -0.25) is 4.90 Å². The van der Waals surface area contributed by atoms with Gasteiger partial charge in [-0.15, -0.1) is 6.42 Å². The predicted molar refractivity (Wildman–Crippen MR) is 213 cm³/mol. The molecule has 4 aromatic rings. The quantitative estimate of drug-likeness (QED) is 0.205. The maximum absolute atomic E-state index is 17.4. The molecule has 4 aliphatic rings. The van der Waals surface area contributed by atoms with E-state index in [1.165, 1.54) is 38.5 Å². The van der Waals surface area contributed by atoms with Gasteiger partial charge < -0.3 is 39.0 Å². The Morgan fingerprint density at radius 3 is 2.60 bits per heavy atom. The molecular weight excluding hydrogens is 751 g/mol. The van der Waals surface area contributed by atoms with Crippen molar-refractivity contribution in [1.29, 1.82) is 0 Å². The normalized spacial score (nSPS) is 24.4. The van der Waals surface area contributed by atoms with Gasteiger partial charge in [-0.25, -0.2) is 18.6 Å². The van der Waals surface area contributed by atoms with E-state index in [1.807, 2.05) is 0 Å². The Morgan fingerprint density at radius 2 is 1.84 bits per heavy atom. The smallest absolute Gasteiger partial charge is 0.409 e. The Kier molecular flexibility index (Phi) is 10.9. The van der Waals surface area contributed by atoms with E-state index < -0.39 is 17.2 Å². The van der Waals surface area contributed by atoms with Gasteiger partial charge in [-0.2, -0.15) is 9.97 Å². The lowest BCUT2D eigenvalue weighted by atomic mass is 9.75. The van der Waals surface area contributed by atoms with Gasteiger partial charge in [-0.1, -0.05) is 18.4 Å². The van der Waals surface area contributed by atoms with Gasteiger partial charge in [0.25, 0.3) is 0 Å². The van der Waals surface area contributed by atoms with E-state index in [0.717, 1.165) is 58.0 Å². The first-order chi connectivity index (χ1) is 27.9. The summed E-state index contributed by atoms with van der Waals surface area (Å²) >= 11 is 0. The van der Waals surface area contributed by atoms with Gasteiger partial charge in [0.05, 0.1) is 46.1 Å². The Balaban J connectivity index is 1.18. The average molecular weight is 801 g/mol. The van der Waals surface area contributed by atoms with Crippen molar-refractivity contribution in [2.24, 2.45) is 11.3 Å². The van der Waals surface area contributed by atoms with Crippen LogP contribution in [0, 0.1) is 35.3 Å². The van der Waals surface area contributed by atoms with Crippen LogP contribution in [0.3, 0.4) is 0 Å². The molecular formula is C43H50F2N6O7. The van der Waals surface area contributed by atoms with E-state index in [9.17, 15) is 15.0 Å². The summed E-state index contributed by atoms with van der Waals surface area (Å²) in [6.45, 7) is 6.07. The number of aromatic nitrogens is 3. The van der Waals surface area contributed by atoms with Crippen LogP contribution in [0.2, 0.25) is 0 Å². The number of nitrogens with zero attached hydrogens (tertiary/aromatic N) is 6. The summed E-state index contributed by atoms with van der Waals surface area (Å²) in [6.07, 6.45) is 12.4. The molecule has 2 aromatic heterocycles. The highest BCUT2D eigenvalue weighted by atomic mass is 19.1. The minimum absolute atomic E-state index is 0.0253. The third-order valence-electron chi connectivity index (χ3n) is 12.6. The number of β-amino-alcohol motifs (C(OH)–C–C–N with tert-alkyl or cyclic N) is 1. The molecule has 13 nitrogen and oxygen atoms in total. The van der Waals surface area contributed by atoms with Crippen LogP contribution in [-0.4, -0.2) is 126 Å². The fraction of sp³-hybridized carbons (Fsp3) is 0.535. The van der Waals surface area contributed by atoms with Gasteiger partial charge in [0.2, 0.25) is 5.88 Å². The van der Waals surface area contributed by atoms with Crippen molar-refractivity contribution in [1.82, 2.24) is 24.8 Å². The number of pyridine rings is 1. The molecule has 4 fully saturated rings. The molecule has 0 spiro atoms. The molecule has 3 saturated heterocycles. The van der Waals surface area contributed by atoms with Crippen molar-refractivity contribution in [3.8, 4) is 41.2 Å². The molecule has 8 rings (SSSR count). The second-order valence-electron chi connectivity index (χ2n) is 16.5. The summed E-state index contributed by atoms with van der Waals surface area (Å²) in [5, 5.41) is 22.7. The summed E-state index contributed by atoms with van der Waals surface area (Å²) in [5.41, 5.74) is -1.90. The number of methoxy groups -OCH3 is 2. The second kappa shape index (κ2) is 16.0. The number of aliphatic hydroxyl groups is 1. The number of fused-ring (bicyclic) bond motifs is 3. The van der Waals surface area contributed by atoms with Crippen molar-refractivity contribution >= 4 is 33.6 Å². The molecule has 58 heavy (non-hydrogen) atoms. The number of likely N-dealkylation sites (tertiary alicyclic amines) is 2. The van der Waals surface area contributed by atoms with Crippen LogP contribution in [0.5, 0.6) is 17.6 Å². The Hall–Kier alpha value is -5.04. The number of ether oxygens (including phenoxy) is 4. The number of phenols is 1. The molecule has 1 amide bonds. The fourth-order valence-corrected chi connectivity index (χ4v) is 9.86. The number of phenolic OH excluding ortho intramolecular Hbond substituents is 1. The lowest BCUT2D eigenvalue weighted by molar-refractivity contribution is -0.0126. The van der Waals surface area contributed by atoms with Crippen LogP contribution in [-0.2, 0) is 9.47 Å². The first-order valence-corrected chi connectivity index (χ1v) is 20.1. The summed E-state index contributed by atoms with van der Waals surface area (Å²) in [7, 11) is 2.81. The summed E-state index contributed by atoms with van der Waals surface area (Å²) in [5.74, 6) is 1.32. The number of halogens is 2. The molecule has 0 radical (unpaired) electrons. The number of hydrogen-bond donors (Lipinski definition) is 2. The summed E-state index contributed by atoms with van der Waals surface area (Å²) in [6, 6.07) is 5.61. The summed E-state index contributed by atoms with van der Waals surface area (Å²) in [4.78, 5) is 32.5. The van der Waals surface area contributed by atoms with Crippen molar-refractivity contribution in [2.75, 3.05) is 78.2 Å². The molecule has 3 atom stereocenters. The molecule has 0 unspecified atom stereocenters. The van der Waals surface area contributed by atoms with Crippen molar-refractivity contribution < 1.29 is 42.7 Å². The number of piperidine rings is 2. The molecule has 2 N–H and O–H groups in total. The van der Waals surface area contributed by atoms with E-state index in [2.05, 4.69) is 15.8 Å². The lowest BCUT2D eigenvalue weighted by Gasteiger charge is -2.47. The maximum atomic E-state index is 17.4. The second-order valence-corrected chi connectivity index (χ2v) is 16.5. The number of terminal acetylenes is 1. The summed E-state index contributed by atoms with van der Waals surface area (Å²) < 4.78 is 55.6. The first-order valence-electron chi connectivity index (χ1n) is 20.1. The number of aromatic hydroxyl groups is 1. The monoisotopic (exact) mass is 800 g/mol. The van der Waals surface area contributed by atoms with Crippen molar-refractivity contribution in [3.63, 3.8) is 0 Å². The highest BCUT2D eigenvalue weighted by Gasteiger charge is 2.49.